The molecular weight excluding hydrogens is 391 g/mol. The lowest BCUT2D eigenvalue weighted by Crippen LogP contribution is -2.41. The van der Waals surface area contributed by atoms with Crippen molar-refractivity contribution >= 4 is 23.6 Å². The lowest BCUT2D eigenvalue weighted by Gasteiger charge is -2.14. The molecule has 0 unspecified atom stereocenters. The normalized spacial score (nSPS) is 11.1. The van der Waals surface area contributed by atoms with E-state index in [1.165, 1.54) is 6.07 Å². The van der Waals surface area contributed by atoms with Gasteiger partial charge in [0.25, 0.3) is 5.91 Å². The van der Waals surface area contributed by atoms with Gasteiger partial charge >= 0.3 is 0 Å². The SMILES string of the molecule is CN=C(NCCNC(=O)c1cccc(OC)c1)NCc1ccc(F)cc1CSC. The first-order chi connectivity index (χ1) is 14.1. The first-order valence-corrected chi connectivity index (χ1v) is 10.6. The molecule has 0 fully saturated rings. The number of guanidine groups is 1. The molecule has 156 valence electrons. The molecule has 29 heavy (non-hydrogen) atoms. The molecule has 6 nitrogen and oxygen atoms in total. The molecule has 0 atom stereocenters. The number of hydrogen-bond donors (Lipinski definition) is 3. The molecule has 3 N–H and O–H groups in total. The maximum absolute atomic E-state index is 13.5. The highest BCUT2D eigenvalue weighted by Gasteiger charge is 2.07. The van der Waals surface area contributed by atoms with E-state index in [1.54, 1.807) is 62.3 Å². The van der Waals surface area contributed by atoms with Gasteiger partial charge in [0.15, 0.2) is 5.96 Å². The molecule has 1 amide bonds. The zero-order valence-corrected chi connectivity index (χ0v) is 17.7. The summed E-state index contributed by atoms with van der Waals surface area (Å²) in [6, 6.07) is 11.8. The first kappa shape index (κ1) is 22.5. The van der Waals surface area contributed by atoms with Crippen LogP contribution in [-0.4, -0.2) is 45.4 Å². The predicted molar refractivity (Wildman–Crippen MR) is 117 cm³/mol. The lowest BCUT2D eigenvalue weighted by atomic mass is 10.1. The molecular formula is C21H27FN4O2S. The Labute approximate surface area is 175 Å². The molecule has 0 heterocycles. The van der Waals surface area contributed by atoms with Crippen LogP contribution in [0.1, 0.15) is 21.5 Å². The number of nitrogens with one attached hydrogen (secondary N) is 3. The number of ether oxygens (including phenoxy) is 1. The van der Waals surface area contributed by atoms with E-state index in [1.807, 2.05) is 6.26 Å². The summed E-state index contributed by atoms with van der Waals surface area (Å²) >= 11 is 1.65. The predicted octanol–water partition coefficient (Wildman–Crippen LogP) is 2.79. The zero-order chi connectivity index (χ0) is 21.1. The summed E-state index contributed by atoms with van der Waals surface area (Å²) in [5, 5.41) is 9.22. The van der Waals surface area contributed by atoms with E-state index in [2.05, 4.69) is 20.9 Å². The molecule has 0 aromatic heterocycles. The van der Waals surface area contributed by atoms with Crippen molar-refractivity contribution in [2.45, 2.75) is 12.3 Å². The highest BCUT2D eigenvalue weighted by molar-refractivity contribution is 7.97. The van der Waals surface area contributed by atoms with Crippen LogP contribution >= 0.6 is 11.8 Å². The van der Waals surface area contributed by atoms with E-state index in [0.29, 0.717) is 36.9 Å². The summed E-state index contributed by atoms with van der Waals surface area (Å²) in [5.74, 6) is 1.60. The number of carbonyl (C=O) groups excluding carboxylic acids is 1. The summed E-state index contributed by atoms with van der Waals surface area (Å²) in [6.07, 6.45) is 1.99. The van der Waals surface area contributed by atoms with Crippen LogP contribution in [0.2, 0.25) is 0 Å². The fourth-order valence-electron chi connectivity index (χ4n) is 2.68. The van der Waals surface area contributed by atoms with Crippen molar-refractivity contribution in [2.75, 3.05) is 33.5 Å². The smallest absolute Gasteiger partial charge is 0.251 e. The minimum Gasteiger partial charge on any atom is -0.497 e. The third-order valence-corrected chi connectivity index (χ3v) is 4.77. The second kappa shape index (κ2) is 12.0. The Morgan fingerprint density at radius 2 is 1.90 bits per heavy atom. The fraction of sp³-hybridized carbons (Fsp3) is 0.333. The topological polar surface area (TPSA) is 74.8 Å². The monoisotopic (exact) mass is 418 g/mol. The minimum atomic E-state index is -0.230. The summed E-state index contributed by atoms with van der Waals surface area (Å²) in [5.41, 5.74) is 2.53. The molecule has 0 radical (unpaired) electrons. The fourth-order valence-corrected chi connectivity index (χ4v) is 3.26. The summed E-state index contributed by atoms with van der Waals surface area (Å²) in [6.45, 7) is 1.48. The Kier molecular flexibility index (Phi) is 9.30. The largest absolute Gasteiger partial charge is 0.497 e. The van der Waals surface area contributed by atoms with Crippen LogP contribution in [0, 0.1) is 5.82 Å². The Morgan fingerprint density at radius 1 is 1.10 bits per heavy atom. The first-order valence-electron chi connectivity index (χ1n) is 9.20. The van der Waals surface area contributed by atoms with Gasteiger partial charge in [-0.1, -0.05) is 12.1 Å². The Hall–Kier alpha value is -2.74. The second-order valence-electron chi connectivity index (χ2n) is 6.19. The third kappa shape index (κ3) is 7.30. The van der Waals surface area contributed by atoms with Crippen molar-refractivity contribution in [2.24, 2.45) is 4.99 Å². The molecule has 0 spiro atoms. The minimum absolute atomic E-state index is 0.165. The van der Waals surface area contributed by atoms with Gasteiger partial charge in [-0.3, -0.25) is 9.79 Å². The van der Waals surface area contributed by atoms with Crippen LogP contribution in [-0.2, 0) is 12.3 Å². The Balaban J connectivity index is 1.79. The number of aliphatic imine (C=N–C) groups is 1. The van der Waals surface area contributed by atoms with Crippen LogP contribution in [0.4, 0.5) is 4.39 Å². The number of amides is 1. The van der Waals surface area contributed by atoms with Gasteiger partial charge in [0, 0.05) is 38.0 Å². The number of hydrogen-bond acceptors (Lipinski definition) is 4. The van der Waals surface area contributed by atoms with E-state index in [4.69, 9.17) is 4.74 Å². The number of rotatable bonds is 9. The van der Waals surface area contributed by atoms with Crippen LogP contribution < -0.4 is 20.7 Å². The molecule has 0 saturated carbocycles. The number of nitrogens with zero attached hydrogens (tertiary/aromatic N) is 1. The van der Waals surface area contributed by atoms with Crippen molar-refractivity contribution in [3.8, 4) is 5.75 Å². The number of benzene rings is 2. The van der Waals surface area contributed by atoms with Gasteiger partial charge in [-0.2, -0.15) is 11.8 Å². The van der Waals surface area contributed by atoms with Gasteiger partial charge in [0.2, 0.25) is 0 Å². The van der Waals surface area contributed by atoms with Crippen molar-refractivity contribution in [3.63, 3.8) is 0 Å². The van der Waals surface area contributed by atoms with Crippen LogP contribution in [0.25, 0.3) is 0 Å². The van der Waals surface area contributed by atoms with E-state index >= 15 is 0 Å². The maximum atomic E-state index is 13.5. The number of carbonyl (C=O) groups is 1. The summed E-state index contributed by atoms with van der Waals surface area (Å²) in [7, 11) is 3.24. The standard InChI is InChI=1S/C21H27FN4O2S/c1-23-21(26-13-16-7-8-18(22)11-17(16)14-29-3)25-10-9-24-20(27)15-5-4-6-19(12-15)28-2/h4-8,11-12H,9-10,13-14H2,1-3H3,(H,24,27)(H2,23,25,26). The zero-order valence-electron chi connectivity index (χ0n) is 16.9. The van der Waals surface area contributed by atoms with E-state index in [0.717, 1.165) is 16.9 Å². The number of halogens is 1. The van der Waals surface area contributed by atoms with Gasteiger partial charge in [0.05, 0.1) is 7.11 Å². The number of thioether (sulfide) groups is 1. The van der Waals surface area contributed by atoms with Gasteiger partial charge < -0.3 is 20.7 Å². The van der Waals surface area contributed by atoms with Gasteiger partial charge in [-0.15, -0.1) is 0 Å². The average molecular weight is 419 g/mol. The van der Waals surface area contributed by atoms with Crippen LogP contribution in [0.3, 0.4) is 0 Å². The molecule has 0 aliphatic heterocycles. The van der Waals surface area contributed by atoms with Gasteiger partial charge in [-0.05, 0) is 47.7 Å². The van der Waals surface area contributed by atoms with Crippen molar-refractivity contribution in [1.29, 1.82) is 0 Å². The Morgan fingerprint density at radius 3 is 2.62 bits per heavy atom. The second-order valence-corrected chi connectivity index (χ2v) is 7.05. The van der Waals surface area contributed by atoms with Gasteiger partial charge in [-0.25, -0.2) is 4.39 Å². The van der Waals surface area contributed by atoms with Crippen molar-refractivity contribution in [3.05, 3.63) is 65.0 Å². The summed E-state index contributed by atoms with van der Waals surface area (Å²) < 4.78 is 18.6. The van der Waals surface area contributed by atoms with Crippen molar-refractivity contribution < 1.29 is 13.9 Å². The lowest BCUT2D eigenvalue weighted by molar-refractivity contribution is 0.0954. The van der Waals surface area contributed by atoms with E-state index < -0.39 is 0 Å². The van der Waals surface area contributed by atoms with Gasteiger partial charge in [0.1, 0.15) is 11.6 Å². The van der Waals surface area contributed by atoms with E-state index in [9.17, 15) is 9.18 Å². The molecule has 2 aromatic carbocycles. The molecule has 8 heteroatoms. The quantitative estimate of drug-likeness (QED) is 0.332. The van der Waals surface area contributed by atoms with E-state index in [-0.39, 0.29) is 11.7 Å². The highest BCUT2D eigenvalue weighted by atomic mass is 32.2. The summed E-state index contributed by atoms with van der Waals surface area (Å²) in [4.78, 5) is 16.4. The number of methoxy groups -OCH3 is 1. The Bertz CT molecular complexity index is 845. The average Bonchev–Trinajstić information content (AvgIpc) is 2.74. The van der Waals surface area contributed by atoms with Crippen LogP contribution in [0.5, 0.6) is 5.75 Å². The van der Waals surface area contributed by atoms with Crippen molar-refractivity contribution in [1.82, 2.24) is 16.0 Å². The molecule has 0 aliphatic carbocycles. The third-order valence-electron chi connectivity index (χ3n) is 4.17. The molecule has 2 rings (SSSR count). The molecule has 0 aliphatic rings. The molecule has 2 aromatic rings. The molecule has 0 saturated heterocycles. The molecule has 0 bridgehead atoms. The highest BCUT2D eigenvalue weighted by Crippen LogP contribution is 2.16. The maximum Gasteiger partial charge on any atom is 0.251 e. The van der Waals surface area contributed by atoms with Crippen LogP contribution in [0.15, 0.2) is 47.5 Å².